The van der Waals surface area contributed by atoms with Gasteiger partial charge in [-0.2, -0.15) is 0 Å². The average molecular weight is 179 g/mol. The molecule has 1 heterocycles. The van der Waals surface area contributed by atoms with Crippen molar-refractivity contribution in [3.05, 3.63) is 11.6 Å². The lowest BCUT2D eigenvalue weighted by molar-refractivity contribution is 0.259. The van der Waals surface area contributed by atoms with Gasteiger partial charge in [0.05, 0.1) is 6.54 Å². The minimum Gasteiger partial charge on any atom is -0.286 e. The Morgan fingerprint density at radius 2 is 2.08 bits per heavy atom. The Balaban J connectivity index is 2.48. The van der Waals surface area contributed by atoms with Gasteiger partial charge in [-0.3, -0.25) is 4.99 Å². The molecule has 1 nitrogen and oxygen atoms in total. The maximum Gasteiger partial charge on any atom is 0.0606 e. The summed E-state index contributed by atoms with van der Waals surface area (Å²) in [6.07, 6.45) is 3.44. The van der Waals surface area contributed by atoms with Crippen molar-refractivity contribution in [2.45, 2.75) is 41.0 Å². The van der Waals surface area contributed by atoms with Crippen LogP contribution in [0, 0.1) is 11.3 Å². The van der Waals surface area contributed by atoms with E-state index in [4.69, 9.17) is 0 Å². The Hall–Kier alpha value is -0.590. The molecular weight excluding hydrogens is 158 g/mol. The Morgan fingerprint density at radius 3 is 2.46 bits per heavy atom. The second kappa shape index (κ2) is 3.65. The van der Waals surface area contributed by atoms with E-state index in [1.54, 1.807) is 0 Å². The van der Waals surface area contributed by atoms with Gasteiger partial charge in [0, 0.05) is 5.71 Å². The number of hydrogen-bond donors (Lipinski definition) is 0. The van der Waals surface area contributed by atoms with Crippen molar-refractivity contribution >= 4 is 5.71 Å². The van der Waals surface area contributed by atoms with Crippen LogP contribution in [0.25, 0.3) is 0 Å². The van der Waals surface area contributed by atoms with Gasteiger partial charge < -0.3 is 0 Å². The molecule has 0 N–H and O–H groups in total. The van der Waals surface area contributed by atoms with Gasteiger partial charge in [0.2, 0.25) is 0 Å². The fourth-order valence-corrected chi connectivity index (χ4v) is 1.44. The third kappa shape index (κ3) is 2.98. The summed E-state index contributed by atoms with van der Waals surface area (Å²) in [4.78, 5) is 4.38. The van der Waals surface area contributed by atoms with Crippen LogP contribution in [0.1, 0.15) is 41.0 Å². The lowest BCUT2D eigenvalue weighted by Crippen LogP contribution is -2.17. The molecule has 0 amide bonds. The second-order valence-corrected chi connectivity index (χ2v) is 5.23. The predicted octanol–water partition coefficient (Wildman–Crippen LogP) is 3.46. The highest BCUT2D eigenvalue weighted by Crippen LogP contribution is 2.31. The van der Waals surface area contributed by atoms with E-state index >= 15 is 0 Å². The number of rotatable bonds is 2. The van der Waals surface area contributed by atoms with Gasteiger partial charge in [0.1, 0.15) is 0 Å². The van der Waals surface area contributed by atoms with Gasteiger partial charge in [0.25, 0.3) is 0 Å². The molecule has 0 saturated heterocycles. The smallest absolute Gasteiger partial charge is 0.0606 e. The van der Waals surface area contributed by atoms with Gasteiger partial charge in [-0.05, 0) is 36.3 Å². The zero-order valence-electron chi connectivity index (χ0n) is 9.52. The summed E-state index contributed by atoms with van der Waals surface area (Å²) >= 11 is 0. The minimum atomic E-state index is 0.414. The van der Waals surface area contributed by atoms with Gasteiger partial charge in [0.15, 0.2) is 0 Å². The molecule has 0 aromatic carbocycles. The fourth-order valence-electron chi connectivity index (χ4n) is 1.44. The summed E-state index contributed by atoms with van der Waals surface area (Å²) in [6, 6.07) is 0. The zero-order chi connectivity index (χ0) is 10.1. The van der Waals surface area contributed by atoms with Crippen LogP contribution in [-0.4, -0.2) is 12.3 Å². The Morgan fingerprint density at radius 1 is 1.46 bits per heavy atom. The SMILES string of the molecule is CC1=NCC(CC(C)C(C)(C)C)=C1. The molecule has 1 rings (SSSR count). The monoisotopic (exact) mass is 179 g/mol. The summed E-state index contributed by atoms with van der Waals surface area (Å²) in [5.74, 6) is 0.736. The molecule has 0 aromatic rings. The summed E-state index contributed by atoms with van der Waals surface area (Å²) < 4.78 is 0. The third-order valence-corrected chi connectivity index (χ3v) is 2.99. The molecule has 0 fully saturated rings. The van der Waals surface area contributed by atoms with Crippen molar-refractivity contribution in [3.8, 4) is 0 Å². The molecule has 0 bridgehead atoms. The Labute approximate surface area is 82.0 Å². The highest BCUT2D eigenvalue weighted by Gasteiger charge is 2.21. The molecule has 0 saturated carbocycles. The van der Waals surface area contributed by atoms with Gasteiger partial charge in [-0.15, -0.1) is 0 Å². The van der Waals surface area contributed by atoms with Crippen molar-refractivity contribution in [1.82, 2.24) is 0 Å². The molecule has 1 aliphatic rings. The summed E-state index contributed by atoms with van der Waals surface area (Å²) in [6.45, 7) is 12.3. The van der Waals surface area contributed by atoms with Crippen LogP contribution in [-0.2, 0) is 0 Å². The molecule has 0 radical (unpaired) electrons. The van der Waals surface area contributed by atoms with E-state index in [1.165, 1.54) is 17.7 Å². The Kier molecular flexibility index (Phi) is 2.94. The average Bonchev–Trinajstić information content (AvgIpc) is 2.33. The first kappa shape index (κ1) is 10.5. The summed E-state index contributed by atoms with van der Waals surface area (Å²) in [5, 5.41) is 0. The van der Waals surface area contributed by atoms with Crippen molar-refractivity contribution in [1.29, 1.82) is 0 Å². The predicted molar refractivity (Wildman–Crippen MR) is 59.3 cm³/mol. The normalized spacial score (nSPS) is 19.8. The van der Waals surface area contributed by atoms with Crippen LogP contribution in [0.4, 0.5) is 0 Å². The molecular formula is C12H21N. The van der Waals surface area contributed by atoms with E-state index < -0.39 is 0 Å². The van der Waals surface area contributed by atoms with Crippen LogP contribution < -0.4 is 0 Å². The largest absolute Gasteiger partial charge is 0.286 e. The van der Waals surface area contributed by atoms with Crippen LogP contribution in [0.2, 0.25) is 0 Å². The topological polar surface area (TPSA) is 12.4 Å². The number of nitrogens with zero attached hydrogens (tertiary/aromatic N) is 1. The maximum absolute atomic E-state index is 4.38. The van der Waals surface area contributed by atoms with E-state index in [0.717, 1.165) is 12.5 Å². The minimum absolute atomic E-state index is 0.414. The van der Waals surface area contributed by atoms with Crippen LogP contribution in [0.15, 0.2) is 16.6 Å². The summed E-state index contributed by atoms with van der Waals surface area (Å²) in [7, 11) is 0. The van der Waals surface area contributed by atoms with Crippen LogP contribution >= 0.6 is 0 Å². The van der Waals surface area contributed by atoms with Crippen LogP contribution in [0.5, 0.6) is 0 Å². The molecule has 13 heavy (non-hydrogen) atoms. The molecule has 1 heteroatoms. The molecule has 0 aromatic heterocycles. The highest BCUT2D eigenvalue weighted by atomic mass is 14.7. The number of allylic oxidation sites excluding steroid dienone is 1. The van der Waals surface area contributed by atoms with Gasteiger partial charge in [-0.25, -0.2) is 0 Å². The van der Waals surface area contributed by atoms with E-state index in [1.807, 2.05) is 0 Å². The van der Waals surface area contributed by atoms with Crippen molar-refractivity contribution in [2.75, 3.05) is 6.54 Å². The van der Waals surface area contributed by atoms with E-state index in [2.05, 4.69) is 45.7 Å². The van der Waals surface area contributed by atoms with Crippen LogP contribution in [0.3, 0.4) is 0 Å². The van der Waals surface area contributed by atoms with Gasteiger partial charge in [-0.1, -0.05) is 27.7 Å². The van der Waals surface area contributed by atoms with Crippen molar-refractivity contribution < 1.29 is 0 Å². The summed E-state index contributed by atoms with van der Waals surface area (Å²) in [5.41, 5.74) is 3.10. The van der Waals surface area contributed by atoms with E-state index in [-0.39, 0.29) is 0 Å². The fraction of sp³-hybridized carbons (Fsp3) is 0.750. The van der Waals surface area contributed by atoms with Crippen molar-refractivity contribution in [3.63, 3.8) is 0 Å². The lowest BCUT2D eigenvalue weighted by Gasteiger charge is -2.27. The maximum atomic E-state index is 4.38. The third-order valence-electron chi connectivity index (χ3n) is 2.99. The highest BCUT2D eigenvalue weighted by molar-refractivity contribution is 5.95. The van der Waals surface area contributed by atoms with Crippen molar-refractivity contribution in [2.24, 2.45) is 16.3 Å². The quantitative estimate of drug-likeness (QED) is 0.615. The van der Waals surface area contributed by atoms with Gasteiger partial charge >= 0.3 is 0 Å². The Bertz CT molecular complexity index is 240. The standard InChI is InChI=1S/C12H21N/c1-9(12(3,4)5)6-11-7-10(2)13-8-11/h7,9H,6,8H2,1-5H3. The molecule has 0 aliphatic carbocycles. The number of hydrogen-bond acceptors (Lipinski definition) is 1. The number of aliphatic imine (C=N–C) groups is 1. The molecule has 1 atom stereocenters. The molecule has 1 aliphatic heterocycles. The molecule has 1 unspecified atom stereocenters. The van der Waals surface area contributed by atoms with E-state index in [9.17, 15) is 0 Å². The zero-order valence-corrected chi connectivity index (χ0v) is 9.52. The first-order valence-corrected chi connectivity index (χ1v) is 5.10. The lowest BCUT2D eigenvalue weighted by atomic mass is 9.78. The molecule has 0 spiro atoms. The second-order valence-electron chi connectivity index (χ2n) is 5.23. The first-order valence-electron chi connectivity index (χ1n) is 5.10. The first-order chi connectivity index (χ1) is 5.89. The molecule has 74 valence electrons. The van der Waals surface area contributed by atoms with E-state index in [0.29, 0.717) is 5.41 Å².